The van der Waals surface area contributed by atoms with Gasteiger partial charge < -0.3 is 10.2 Å². The molecule has 10 aromatic carbocycles. The quantitative estimate of drug-likeness (QED) is 0.155. The minimum Gasteiger partial charge on any atom is -0.356 e. The van der Waals surface area contributed by atoms with Gasteiger partial charge in [-0.25, -0.2) is 0 Å². The summed E-state index contributed by atoms with van der Waals surface area (Å²) in [5.41, 5.74) is 15.5. The normalized spacial score (nSPS) is 10.3. The van der Waals surface area contributed by atoms with E-state index in [1.54, 1.807) is 0 Å². The Kier molecular flexibility index (Phi) is 14.5. The molecular weight excluding hydrogens is 829 g/mol. The first-order valence-corrected chi connectivity index (χ1v) is 21.9. The number of nitrogens with zero attached hydrogens (tertiary/aromatic N) is 1. The number of nitrogens with one attached hydrogen (secondary N) is 1. The lowest BCUT2D eigenvalue weighted by atomic mass is 10.0. The molecule has 0 aromatic heterocycles. The summed E-state index contributed by atoms with van der Waals surface area (Å²) in [4.78, 5) is 2.30. The molecule has 0 aliphatic carbocycles. The van der Waals surface area contributed by atoms with Gasteiger partial charge in [0.2, 0.25) is 0 Å². The van der Waals surface area contributed by atoms with Crippen molar-refractivity contribution >= 4 is 44.4 Å². The molecule has 0 saturated carbocycles. The van der Waals surface area contributed by atoms with Crippen LogP contribution in [0, 0.1) is 0 Å². The molecule has 63 heavy (non-hydrogen) atoms. The molecular formula is C60H47BrN2. The molecule has 0 bridgehead atoms. The van der Waals surface area contributed by atoms with Crippen LogP contribution in [0.3, 0.4) is 0 Å². The SMILES string of the molecule is Brc1ccc(-c2ccccc2)cc1.c1ccc(-c2ccc(N(c3ccccc3)c3ccc(-c4ccccc4)cc3)cc2)cc1.c1ccc(Nc2ccc(-c3ccccc3)cc2)cc1. The number of benzene rings is 10. The van der Waals surface area contributed by atoms with Crippen LogP contribution in [-0.2, 0) is 0 Å². The number of hydrogen-bond acceptors (Lipinski definition) is 2. The van der Waals surface area contributed by atoms with Crippen LogP contribution in [0.15, 0.2) is 284 Å². The minimum atomic E-state index is 1.10. The van der Waals surface area contributed by atoms with E-state index in [2.05, 4.69) is 263 Å². The number of halogens is 1. The van der Waals surface area contributed by atoms with Gasteiger partial charge in [-0.3, -0.25) is 0 Å². The van der Waals surface area contributed by atoms with Gasteiger partial charge in [0.25, 0.3) is 0 Å². The predicted octanol–water partition coefficient (Wildman–Crippen LogP) is 17.7. The fourth-order valence-electron chi connectivity index (χ4n) is 7.23. The molecule has 0 heterocycles. The molecule has 0 aliphatic rings. The van der Waals surface area contributed by atoms with Crippen LogP contribution in [-0.4, -0.2) is 0 Å². The third-order valence-electron chi connectivity index (χ3n) is 10.5. The molecule has 0 aliphatic heterocycles. The van der Waals surface area contributed by atoms with Gasteiger partial charge >= 0.3 is 0 Å². The zero-order chi connectivity index (χ0) is 42.9. The first kappa shape index (κ1) is 42.0. The maximum absolute atomic E-state index is 3.42. The molecule has 3 heteroatoms. The summed E-state index contributed by atoms with van der Waals surface area (Å²) >= 11 is 3.42. The topological polar surface area (TPSA) is 15.3 Å². The number of anilines is 5. The van der Waals surface area contributed by atoms with E-state index >= 15 is 0 Å². The van der Waals surface area contributed by atoms with Gasteiger partial charge in [0.05, 0.1) is 0 Å². The fraction of sp³-hybridized carbons (Fsp3) is 0. The van der Waals surface area contributed by atoms with Crippen molar-refractivity contribution in [3.8, 4) is 44.5 Å². The monoisotopic (exact) mass is 874 g/mol. The highest BCUT2D eigenvalue weighted by atomic mass is 79.9. The van der Waals surface area contributed by atoms with E-state index in [-0.39, 0.29) is 0 Å². The van der Waals surface area contributed by atoms with Gasteiger partial charge in [0, 0.05) is 32.9 Å². The molecule has 0 fully saturated rings. The maximum atomic E-state index is 3.42. The van der Waals surface area contributed by atoms with Crippen molar-refractivity contribution in [1.29, 1.82) is 0 Å². The van der Waals surface area contributed by atoms with E-state index in [1.165, 1.54) is 44.5 Å². The van der Waals surface area contributed by atoms with Crippen molar-refractivity contribution in [2.24, 2.45) is 0 Å². The Morgan fingerprint density at radius 1 is 0.222 bits per heavy atom. The van der Waals surface area contributed by atoms with Crippen LogP contribution in [0.25, 0.3) is 44.5 Å². The Morgan fingerprint density at radius 3 is 0.810 bits per heavy atom. The van der Waals surface area contributed by atoms with Crippen molar-refractivity contribution < 1.29 is 0 Å². The zero-order valence-electron chi connectivity index (χ0n) is 34.9. The summed E-state index contributed by atoms with van der Waals surface area (Å²) in [7, 11) is 0. The van der Waals surface area contributed by atoms with E-state index in [0.29, 0.717) is 0 Å². The minimum absolute atomic E-state index is 1.10. The van der Waals surface area contributed by atoms with E-state index in [1.807, 2.05) is 42.5 Å². The largest absolute Gasteiger partial charge is 0.356 e. The molecule has 0 amide bonds. The van der Waals surface area contributed by atoms with Crippen molar-refractivity contribution in [1.82, 2.24) is 0 Å². The summed E-state index contributed by atoms with van der Waals surface area (Å²) in [6.45, 7) is 0. The smallest absolute Gasteiger partial charge is 0.0462 e. The summed E-state index contributed by atoms with van der Waals surface area (Å²) in [6, 6.07) is 96.9. The highest BCUT2D eigenvalue weighted by molar-refractivity contribution is 9.10. The third kappa shape index (κ3) is 11.8. The summed E-state index contributed by atoms with van der Waals surface area (Å²) < 4.78 is 1.12. The molecule has 0 atom stereocenters. The zero-order valence-corrected chi connectivity index (χ0v) is 36.5. The Hall–Kier alpha value is -7.72. The van der Waals surface area contributed by atoms with Crippen molar-refractivity contribution in [3.63, 3.8) is 0 Å². The van der Waals surface area contributed by atoms with Crippen molar-refractivity contribution in [3.05, 3.63) is 284 Å². The van der Waals surface area contributed by atoms with Gasteiger partial charge in [-0.05, 0) is 117 Å². The lowest BCUT2D eigenvalue weighted by Crippen LogP contribution is -2.09. The molecule has 10 rings (SSSR count). The lowest BCUT2D eigenvalue weighted by Gasteiger charge is -2.26. The van der Waals surface area contributed by atoms with Crippen LogP contribution >= 0.6 is 15.9 Å². The van der Waals surface area contributed by atoms with Crippen LogP contribution in [0.2, 0.25) is 0 Å². The van der Waals surface area contributed by atoms with Crippen LogP contribution in [0.5, 0.6) is 0 Å². The number of hydrogen-bond donors (Lipinski definition) is 1. The van der Waals surface area contributed by atoms with Gasteiger partial charge in [-0.2, -0.15) is 0 Å². The van der Waals surface area contributed by atoms with E-state index < -0.39 is 0 Å². The Balaban J connectivity index is 0.000000144. The molecule has 0 spiro atoms. The summed E-state index contributed by atoms with van der Waals surface area (Å²) in [6.07, 6.45) is 0. The molecule has 1 N–H and O–H groups in total. The fourth-order valence-corrected chi connectivity index (χ4v) is 7.49. The summed E-state index contributed by atoms with van der Waals surface area (Å²) in [5.74, 6) is 0. The Morgan fingerprint density at radius 2 is 0.460 bits per heavy atom. The molecule has 0 unspecified atom stereocenters. The second kappa shape index (κ2) is 21.7. The van der Waals surface area contributed by atoms with E-state index in [4.69, 9.17) is 0 Å². The molecule has 304 valence electrons. The standard InChI is InChI=1S/C30H23N.C18H15N.C12H9Br/c1-4-10-24(11-5-1)26-16-20-29(21-17-26)31(28-14-8-3-9-15-28)30-22-18-27(19-23-30)25-12-6-2-7-13-25;1-3-7-15(8-4-1)16-11-13-18(14-12-16)19-17-9-5-2-6-10-17;13-12-8-6-11(7-9-12)10-4-2-1-3-5-10/h1-23H;1-14,19H;1-9H. The van der Waals surface area contributed by atoms with Gasteiger partial charge in [-0.1, -0.05) is 222 Å². The predicted molar refractivity (Wildman–Crippen MR) is 273 cm³/mol. The third-order valence-corrected chi connectivity index (χ3v) is 11.0. The highest BCUT2D eigenvalue weighted by Crippen LogP contribution is 2.36. The number of rotatable bonds is 9. The van der Waals surface area contributed by atoms with Crippen LogP contribution in [0.1, 0.15) is 0 Å². The second-order valence-corrected chi connectivity index (χ2v) is 15.7. The Labute approximate surface area is 380 Å². The van der Waals surface area contributed by atoms with E-state index in [0.717, 1.165) is 32.9 Å². The maximum Gasteiger partial charge on any atom is 0.0462 e. The molecule has 0 saturated heterocycles. The lowest BCUT2D eigenvalue weighted by molar-refractivity contribution is 1.28. The highest BCUT2D eigenvalue weighted by Gasteiger charge is 2.13. The van der Waals surface area contributed by atoms with Crippen molar-refractivity contribution in [2.75, 3.05) is 10.2 Å². The van der Waals surface area contributed by atoms with E-state index in [9.17, 15) is 0 Å². The average molecular weight is 876 g/mol. The van der Waals surface area contributed by atoms with Gasteiger partial charge in [0.15, 0.2) is 0 Å². The van der Waals surface area contributed by atoms with Crippen LogP contribution in [0.4, 0.5) is 28.4 Å². The molecule has 0 radical (unpaired) electrons. The molecule has 2 nitrogen and oxygen atoms in total. The summed E-state index contributed by atoms with van der Waals surface area (Å²) in [5, 5.41) is 3.38. The van der Waals surface area contributed by atoms with Crippen LogP contribution < -0.4 is 10.2 Å². The second-order valence-electron chi connectivity index (χ2n) is 14.8. The van der Waals surface area contributed by atoms with Gasteiger partial charge in [0.1, 0.15) is 0 Å². The average Bonchev–Trinajstić information content (AvgIpc) is 3.37. The number of para-hydroxylation sites is 2. The molecule has 10 aromatic rings. The van der Waals surface area contributed by atoms with Gasteiger partial charge in [-0.15, -0.1) is 0 Å². The first-order valence-electron chi connectivity index (χ1n) is 21.1. The van der Waals surface area contributed by atoms with Crippen molar-refractivity contribution in [2.45, 2.75) is 0 Å². The Bertz CT molecular complexity index is 2750. The first-order chi connectivity index (χ1) is 31.2.